The first-order valence-electron chi connectivity index (χ1n) is 7.05. The van der Waals surface area contributed by atoms with Crippen molar-refractivity contribution in [3.63, 3.8) is 0 Å². The molecule has 0 radical (unpaired) electrons. The fraction of sp³-hybridized carbons (Fsp3) is 0.533. The lowest BCUT2D eigenvalue weighted by atomic mass is 10.1. The van der Waals surface area contributed by atoms with Gasteiger partial charge >= 0.3 is 0 Å². The molecule has 1 fully saturated rings. The Morgan fingerprint density at radius 1 is 1.24 bits per heavy atom. The highest BCUT2D eigenvalue weighted by Crippen LogP contribution is 2.35. The molecule has 0 heterocycles. The summed E-state index contributed by atoms with van der Waals surface area (Å²) in [6, 6.07) is 6.42. The minimum atomic E-state index is -3.52. The second-order valence-electron chi connectivity index (χ2n) is 5.81. The Bertz CT molecular complexity index is 636. The van der Waals surface area contributed by atoms with Crippen LogP contribution < -0.4 is 0 Å². The molecule has 0 aliphatic heterocycles. The summed E-state index contributed by atoms with van der Waals surface area (Å²) in [5.74, 6) is 0.442. The molecular formula is C15H22N2O3S. The number of benzene rings is 1. The maximum absolute atomic E-state index is 12.5. The lowest BCUT2D eigenvalue weighted by Gasteiger charge is -2.25. The van der Waals surface area contributed by atoms with Crippen molar-refractivity contribution in [1.82, 2.24) is 9.21 Å². The van der Waals surface area contributed by atoms with Crippen LogP contribution in [0, 0.1) is 5.92 Å². The molecule has 0 bridgehead atoms. The van der Waals surface area contributed by atoms with E-state index in [1.54, 1.807) is 24.1 Å². The molecule has 1 saturated carbocycles. The van der Waals surface area contributed by atoms with E-state index in [0.29, 0.717) is 11.5 Å². The SMILES string of the molecule is C[C@H](C1CC1)N(C)C(=O)c1cccc(S(=O)(=O)N(C)C)c1. The highest BCUT2D eigenvalue weighted by Gasteiger charge is 2.33. The summed E-state index contributed by atoms with van der Waals surface area (Å²) in [5, 5.41) is 0. The molecule has 0 spiro atoms. The number of rotatable bonds is 5. The lowest BCUT2D eigenvalue weighted by Crippen LogP contribution is -2.36. The van der Waals surface area contributed by atoms with Crippen LogP contribution in [0.4, 0.5) is 0 Å². The second kappa shape index (κ2) is 5.77. The maximum Gasteiger partial charge on any atom is 0.253 e. The van der Waals surface area contributed by atoms with Gasteiger partial charge in [-0.05, 0) is 43.9 Å². The van der Waals surface area contributed by atoms with Crippen LogP contribution in [0.2, 0.25) is 0 Å². The van der Waals surface area contributed by atoms with E-state index in [4.69, 9.17) is 0 Å². The Morgan fingerprint density at radius 3 is 2.38 bits per heavy atom. The smallest absolute Gasteiger partial charge is 0.253 e. The van der Waals surface area contributed by atoms with Gasteiger partial charge in [0.1, 0.15) is 0 Å². The normalized spacial score (nSPS) is 16.8. The third-order valence-corrected chi connectivity index (χ3v) is 5.91. The van der Waals surface area contributed by atoms with Crippen LogP contribution >= 0.6 is 0 Å². The molecule has 21 heavy (non-hydrogen) atoms. The summed E-state index contributed by atoms with van der Waals surface area (Å²) in [6.45, 7) is 2.04. The van der Waals surface area contributed by atoms with Crippen molar-refractivity contribution < 1.29 is 13.2 Å². The number of carbonyl (C=O) groups excluding carboxylic acids is 1. The number of hydrogen-bond donors (Lipinski definition) is 0. The van der Waals surface area contributed by atoms with E-state index >= 15 is 0 Å². The first kappa shape index (κ1) is 16.0. The van der Waals surface area contributed by atoms with Crippen molar-refractivity contribution in [2.24, 2.45) is 5.92 Å². The van der Waals surface area contributed by atoms with E-state index in [0.717, 1.165) is 17.1 Å². The van der Waals surface area contributed by atoms with E-state index < -0.39 is 10.0 Å². The van der Waals surface area contributed by atoms with Crippen LogP contribution in [-0.4, -0.2) is 50.7 Å². The summed E-state index contributed by atoms with van der Waals surface area (Å²) in [6.07, 6.45) is 2.32. The van der Waals surface area contributed by atoms with Gasteiger partial charge in [-0.2, -0.15) is 0 Å². The molecule has 116 valence electrons. The Morgan fingerprint density at radius 2 is 1.86 bits per heavy atom. The highest BCUT2D eigenvalue weighted by atomic mass is 32.2. The molecule has 2 rings (SSSR count). The van der Waals surface area contributed by atoms with Gasteiger partial charge in [0.15, 0.2) is 0 Å². The minimum Gasteiger partial charge on any atom is -0.339 e. The lowest BCUT2D eigenvalue weighted by molar-refractivity contribution is 0.0727. The Labute approximate surface area is 126 Å². The highest BCUT2D eigenvalue weighted by molar-refractivity contribution is 7.89. The van der Waals surface area contributed by atoms with Gasteiger partial charge in [-0.3, -0.25) is 4.79 Å². The van der Waals surface area contributed by atoms with Crippen LogP contribution in [0.25, 0.3) is 0 Å². The van der Waals surface area contributed by atoms with Gasteiger partial charge in [-0.25, -0.2) is 12.7 Å². The molecule has 1 atom stereocenters. The van der Waals surface area contributed by atoms with E-state index in [-0.39, 0.29) is 16.8 Å². The number of amides is 1. The molecule has 1 aromatic rings. The van der Waals surface area contributed by atoms with Crippen molar-refractivity contribution in [1.29, 1.82) is 0 Å². The number of sulfonamides is 1. The summed E-state index contributed by atoms with van der Waals surface area (Å²) < 4.78 is 25.4. The molecule has 0 aromatic heterocycles. The van der Waals surface area contributed by atoms with Gasteiger partial charge in [0.25, 0.3) is 5.91 Å². The van der Waals surface area contributed by atoms with Gasteiger partial charge in [-0.15, -0.1) is 0 Å². The average molecular weight is 310 g/mol. The largest absolute Gasteiger partial charge is 0.339 e. The van der Waals surface area contributed by atoms with E-state index in [2.05, 4.69) is 0 Å². The third-order valence-electron chi connectivity index (χ3n) is 4.10. The van der Waals surface area contributed by atoms with Crippen molar-refractivity contribution >= 4 is 15.9 Å². The predicted molar refractivity (Wildman–Crippen MR) is 81.6 cm³/mol. The molecule has 5 nitrogen and oxygen atoms in total. The summed E-state index contributed by atoms with van der Waals surface area (Å²) in [4.78, 5) is 14.3. The molecular weight excluding hydrogens is 288 g/mol. The summed E-state index contributed by atoms with van der Waals surface area (Å²) in [7, 11) is 1.21. The summed E-state index contributed by atoms with van der Waals surface area (Å²) >= 11 is 0. The van der Waals surface area contributed by atoms with Crippen molar-refractivity contribution in [3.8, 4) is 0 Å². The molecule has 1 aliphatic carbocycles. The molecule has 1 aromatic carbocycles. The first-order chi connectivity index (χ1) is 9.75. The number of hydrogen-bond acceptors (Lipinski definition) is 3. The van der Waals surface area contributed by atoms with Gasteiger partial charge in [0.2, 0.25) is 10.0 Å². The van der Waals surface area contributed by atoms with Crippen LogP contribution in [0.15, 0.2) is 29.2 Å². The maximum atomic E-state index is 12.5. The van der Waals surface area contributed by atoms with E-state index in [1.807, 2.05) is 6.92 Å². The second-order valence-corrected chi connectivity index (χ2v) is 7.96. The predicted octanol–water partition coefficient (Wildman–Crippen LogP) is 1.81. The quantitative estimate of drug-likeness (QED) is 0.833. The summed E-state index contributed by atoms with van der Waals surface area (Å²) in [5.41, 5.74) is 0.410. The molecule has 0 saturated heterocycles. The van der Waals surface area contributed by atoms with E-state index in [9.17, 15) is 13.2 Å². The van der Waals surface area contributed by atoms with E-state index in [1.165, 1.54) is 26.2 Å². The Kier molecular flexibility index (Phi) is 4.39. The minimum absolute atomic E-state index is 0.134. The van der Waals surface area contributed by atoms with Crippen molar-refractivity contribution in [2.75, 3.05) is 21.1 Å². The standard InChI is InChI=1S/C15H22N2O3S/c1-11(12-8-9-12)17(4)15(18)13-6-5-7-14(10-13)21(19,20)16(2)3/h5-7,10-12H,8-9H2,1-4H3/t11-/m1/s1. The van der Waals surface area contributed by atoms with Gasteiger partial charge < -0.3 is 4.90 Å². The van der Waals surface area contributed by atoms with Gasteiger partial charge in [-0.1, -0.05) is 6.07 Å². The van der Waals surface area contributed by atoms with Crippen LogP contribution in [-0.2, 0) is 10.0 Å². The molecule has 6 heteroatoms. The molecule has 0 N–H and O–H groups in total. The van der Waals surface area contributed by atoms with Gasteiger partial charge in [0, 0.05) is 32.7 Å². The average Bonchev–Trinajstić information content (AvgIpc) is 3.29. The fourth-order valence-corrected chi connectivity index (χ4v) is 3.23. The van der Waals surface area contributed by atoms with Crippen LogP contribution in [0.3, 0.4) is 0 Å². The molecule has 1 aliphatic rings. The zero-order valence-electron chi connectivity index (χ0n) is 12.9. The zero-order valence-corrected chi connectivity index (χ0v) is 13.7. The Balaban J connectivity index is 2.26. The van der Waals surface area contributed by atoms with Gasteiger partial charge in [0.05, 0.1) is 4.90 Å². The topological polar surface area (TPSA) is 57.7 Å². The zero-order chi connectivity index (χ0) is 15.8. The number of carbonyl (C=O) groups is 1. The molecule has 1 amide bonds. The first-order valence-corrected chi connectivity index (χ1v) is 8.49. The fourth-order valence-electron chi connectivity index (χ4n) is 2.28. The van der Waals surface area contributed by atoms with Crippen molar-refractivity contribution in [2.45, 2.75) is 30.7 Å². The van der Waals surface area contributed by atoms with Crippen LogP contribution in [0.5, 0.6) is 0 Å². The van der Waals surface area contributed by atoms with Crippen molar-refractivity contribution in [3.05, 3.63) is 29.8 Å². The van der Waals surface area contributed by atoms with Crippen LogP contribution in [0.1, 0.15) is 30.1 Å². The third kappa shape index (κ3) is 3.27. The number of nitrogens with zero attached hydrogens (tertiary/aromatic N) is 2. The Hall–Kier alpha value is -1.40. The molecule has 0 unspecified atom stereocenters. The monoisotopic (exact) mass is 310 g/mol.